The van der Waals surface area contributed by atoms with Gasteiger partial charge < -0.3 is 14.3 Å². The highest BCUT2D eigenvalue weighted by Crippen LogP contribution is 2.59. The van der Waals surface area contributed by atoms with Crippen LogP contribution in [0.4, 0.5) is 0 Å². The number of methoxy groups -OCH3 is 1. The van der Waals surface area contributed by atoms with Crippen molar-refractivity contribution in [1.82, 2.24) is 0 Å². The van der Waals surface area contributed by atoms with Crippen LogP contribution in [-0.4, -0.2) is 31.8 Å². The Morgan fingerprint density at radius 2 is 1.83 bits per heavy atom. The SMILES string of the molecule is COc1ccc(/C=C/C(=O)O[C@@H]2CCC(C)(C)C3CC=C(C=O)[C@H](C=O)[C@]32C)cc1. The third kappa shape index (κ3) is 3.98. The molecule has 0 aromatic heterocycles. The number of hydrogen-bond acceptors (Lipinski definition) is 5. The first-order valence-electron chi connectivity index (χ1n) is 10.4. The van der Waals surface area contributed by atoms with E-state index >= 15 is 0 Å². The van der Waals surface area contributed by atoms with Crippen LogP contribution < -0.4 is 4.74 Å². The lowest BCUT2D eigenvalue weighted by Crippen LogP contribution is -2.57. The standard InChI is InChI=1S/C25H30O5/c1-24(2)14-13-22(25(3)20(16-27)18(15-26)8-11-21(24)25)30-23(28)12-7-17-5-9-19(29-4)10-6-17/h5-10,12,15-16,20-22H,11,13-14H2,1-4H3/b12-7+/t20-,21?,22+,25+/m0/s1. The fraction of sp³-hybridized carbons (Fsp3) is 0.480. The van der Waals surface area contributed by atoms with Crippen molar-refractivity contribution in [2.45, 2.75) is 46.1 Å². The lowest BCUT2D eigenvalue weighted by atomic mass is 9.48. The molecule has 4 atom stereocenters. The van der Waals surface area contributed by atoms with E-state index in [-0.39, 0.29) is 11.3 Å². The highest BCUT2D eigenvalue weighted by molar-refractivity contribution is 5.87. The number of rotatable bonds is 6. The quantitative estimate of drug-likeness (QED) is 0.395. The van der Waals surface area contributed by atoms with Crippen LogP contribution in [0.3, 0.4) is 0 Å². The van der Waals surface area contributed by atoms with E-state index in [0.29, 0.717) is 18.4 Å². The maximum Gasteiger partial charge on any atom is 0.331 e. The first-order valence-corrected chi connectivity index (χ1v) is 10.4. The van der Waals surface area contributed by atoms with Crippen molar-refractivity contribution < 1.29 is 23.9 Å². The molecule has 0 radical (unpaired) electrons. The van der Waals surface area contributed by atoms with Crippen molar-refractivity contribution in [3.63, 3.8) is 0 Å². The maximum absolute atomic E-state index is 12.6. The molecule has 160 valence electrons. The van der Waals surface area contributed by atoms with Gasteiger partial charge in [-0.05, 0) is 59.9 Å². The van der Waals surface area contributed by atoms with Gasteiger partial charge in [-0.25, -0.2) is 4.79 Å². The normalized spacial score (nSPS) is 30.1. The van der Waals surface area contributed by atoms with Gasteiger partial charge in [-0.15, -0.1) is 0 Å². The molecule has 0 spiro atoms. The summed E-state index contributed by atoms with van der Waals surface area (Å²) < 4.78 is 11.0. The van der Waals surface area contributed by atoms with Gasteiger partial charge >= 0.3 is 5.97 Å². The van der Waals surface area contributed by atoms with Crippen LogP contribution in [0.5, 0.6) is 5.75 Å². The van der Waals surface area contributed by atoms with E-state index in [4.69, 9.17) is 9.47 Å². The van der Waals surface area contributed by atoms with Crippen LogP contribution >= 0.6 is 0 Å². The third-order valence-electron chi connectivity index (χ3n) is 7.12. The lowest BCUT2D eigenvalue weighted by molar-refractivity contribution is -0.175. The van der Waals surface area contributed by atoms with Crippen molar-refractivity contribution >= 4 is 24.6 Å². The molecular weight excluding hydrogens is 380 g/mol. The van der Waals surface area contributed by atoms with Crippen molar-refractivity contribution in [2.24, 2.45) is 22.7 Å². The number of hydrogen-bond donors (Lipinski definition) is 0. The summed E-state index contributed by atoms with van der Waals surface area (Å²) in [5.74, 6) is -0.130. The second-order valence-electron chi connectivity index (χ2n) is 9.15. The Kier molecular flexibility index (Phi) is 6.30. The van der Waals surface area contributed by atoms with Gasteiger partial charge in [0.05, 0.1) is 13.0 Å². The highest BCUT2D eigenvalue weighted by atomic mass is 16.5. The molecule has 1 fully saturated rings. The molecule has 2 aliphatic carbocycles. The second-order valence-corrected chi connectivity index (χ2v) is 9.15. The Labute approximate surface area is 178 Å². The number of fused-ring (bicyclic) bond motifs is 1. The molecule has 0 heterocycles. The van der Waals surface area contributed by atoms with Gasteiger partial charge in [0.25, 0.3) is 0 Å². The maximum atomic E-state index is 12.6. The summed E-state index contributed by atoms with van der Waals surface area (Å²) in [6, 6.07) is 7.36. The van der Waals surface area contributed by atoms with E-state index in [0.717, 1.165) is 30.3 Å². The zero-order valence-corrected chi connectivity index (χ0v) is 18.1. The third-order valence-corrected chi connectivity index (χ3v) is 7.12. The van der Waals surface area contributed by atoms with Crippen molar-refractivity contribution in [1.29, 1.82) is 0 Å². The van der Waals surface area contributed by atoms with E-state index in [1.807, 2.05) is 37.3 Å². The van der Waals surface area contributed by atoms with Gasteiger partial charge in [0.1, 0.15) is 24.4 Å². The molecule has 0 N–H and O–H groups in total. The van der Waals surface area contributed by atoms with Crippen LogP contribution in [0.1, 0.15) is 45.6 Å². The first kappa shape index (κ1) is 22.0. The summed E-state index contributed by atoms with van der Waals surface area (Å²) in [5.41, 5.74) is 0.730. The van der Waals surface area contributed by atoms with E-state index < -0.39 is 23.4 Å². The fourth-order valence-electron chi connectivity index (χ4n) is 5.38. The second kappa shape index (κ2) is 8.58. The molecule has 30 heavy (non-hydrogen) atoms. The molecule has 5 nitrogen and oxygen atoms in total. The smallest absolute Gasteiger partial charge is 0.331 e. The van der Waals surface area contributed by atoms with Gasteiger partial charge in [-0.1, -0.05) is 39.0 Å². The Morgan fingerprint density at radius 1 is 1.13 bits per heavy atom. The van der Waals surface area contributed by atoms with Gasteiger partial charge in [-0.2, -0.15) is 0 Å². The van der Waals surface area contributed by atoms with Crippen LogP contribution in [0.15, 0.2) is 42.0 Å². The molecule has 1 aromatic rings. The molecule has 0 saturated heterocycles. The van der Waals surface area contributed by atoms with Crippen LogP contribution in [0, 0.1) is 22.7 Å². The Morgan fingerprint density at radius 3 is 2.43 bits per heavy atom. The average Bonchev–Trinajstić information content (AvgIpc) is 2.74. The van der Waals surface area contributed by atoms with Crippen molar-refractivity contribution in [3.8, 4) is 5.75 Å². The minimum Gasteiger partial charge on any atom is -0.497 e. The number of benzene rings is 1. The highest BCUT2D eigenvalue weighted by Gasteiger charge is 2.58. The monoisotopic (exact) mass is 410 g/mol. The molecule has 1 saturated carbocycles. The number of esters is 1. The fourth-order valence-corrected chi connectivity index (χ4v) is 5.38. The van der Waals surface area contributed by atoms with Gasteiger partial charge in [-0.3, -0.25) is 4.79 Å². The Hall–Kier alpha value is -2.69. The largest absolute Gasteiger partial charge is 0.497 e. The van der Waals surface area contributed by atoms with E-state index in [1.54, 1.807) is 13.2 Å². The Bertz CT molecular complexity index is 864. The molecule has 0 bridgehead atoms. The predicted molar refractivity (Wildman–Crippen MR) is 115 cm³/mol. The predicted octanol–water partition coefficient (Wildman–Crippen LogP) is 4.41. The van der Waals surface area contributed by atoms with Crippen LogP contribution in [-0.2, 0) is 19.1 Å². The van der Waals surface area contributed by atoms with Gasteiger partial charge in [0, 0.05) is 11.5 Å². The number of carbonyl (C=O) groups excluding carboxylic acids is 3. The summed E-state index contributed by atoms with van der Waals surface area (Å²) in [7, 11) is 1.60. The van der Waals surface area contributed by atoms with E-state index in [1.165, 1.54) is 6.08 Å². The summed E-state index contributed by atoms with van der Waals surface area (Å²) in [5, 5.41) is 0. The molecule has 5 heteroatoms. The van der Waals surface area contributed by atoms with Gasteiger partial charge in [0.2, 0.25) is 0 Å². The zero-order valence-electron chi connectivity index (χ0n) is 18.1. The molecule has 1 aromatic carbocycles. The summed E-state index contributed by atoms with van der Waals surface area (Å²) in [4.78, 5) is 36.2. The number of allylic oxidation sites excluding steroid dienone is 2. The number of ether oxygens (including phenoxy) is 2. The summed E-state index contributed by atoms with van der Waals surface area (Å²) >= 11 is 0. The van der Waals surface area contributed by atoms with Crippen molar-refractivity contribution in [3.05, 3.63) is 47.6 Å². The number of aldehydes is 2. The molecule has 1 unspecified atom stereocenters. The van der Waals surface area contributed by atoms with Crippen LogP contribution in [0.25, 0.3) is 6.08 Å². The minimum absolute atomic E-state index is 0.0111. The molecule has 2 aliphatic rings. The van der Waals surface area contributed by atoms with E-state index in [9.17, 15) is 14.4 Å². The van der Waals surface area contributed by atoms with Gasteiger partial charge in [0.15, 0.2) is 0 Å². The zero-order chi connectivity index (χ0) is 21.9. The Balaban J connectivity index is 1.82. The van der Waals surface area contributed by atoms with Crippen molar-refractivity contribution in [2.75, 3.05) is 7.11 Å². The summed E-state index contributed by atoms with van der Waals surface area (Å²) in [6.45, 7) is 6.39. The number of carbonyl (C=O) groups is 3. The topological polar surface area (TPSA) is 69.7 Å². The molecule has 0 amide bonds. The van der Waals surface area contributed by atoms with Crippen LogP contribution in [0.2, 0.25) is 0 Å². The molecule has 0 aliphatic heterocycles. The minimum atomic E-state index is -0.613. The summed E-state index contributed by atoms with van der Waals surface area (Å²) in [6.07, 6.45) is 8.44. The lowest BCUT2D eigenvalue weighted by Gasteiger charge is -2.57. The molecule has 3 rings (SSSR count). The first-order chi connectivity index (χ1) is 14.3. The average molecular weight is 411 g/mol. The molecular formula is C25H30O5. The van der Waals surface area contributed by atoms with E-state index in [2.05, 4.69) is 13.8 Å².